The van der Waals surface area contributed by atoms with Gasteiger partial charge in [-0.05, 0) is 29.7 Å². The summed E-state index contributed by atoms with van der Waals surface area (Å²) in [7, 11) is 0. The highest BCUT2D eigenvalue weighted by Crippen LogP contribution is 2.22. The monoisotopic (exact) mass is 346 g/mol. The van der Waals surface area contributed by atoms with E-state index in [1.807, 2.05) is 42.5 Å². The number of carbonyl (C=O) groups is 2. The molecule has 0 aliphatic rings. The SMILES string of the molecule is Cc1cccc(C(=O)OCC(=O)c2ccc(-c3ccccc3)cc2)c1O. The molecule has 0 bridgehead atoms. The summed E-state index contributed by atoms with van der Waals surface area (Å²) in [6.07, 6.45) is 0. The molecule has 3 aromatic rings. The Kier molecular flexibility index (Phi) is 5.13. The Hall–Kier alpha value is -3.40. The van der Waals surface area contributed by atoms with Crippen LogP contribution in [0.4, 0.5) is 0 Å². The lowest BCUT2D eigenvalue weighted by molar-refractivity contribution is 0.0471. The topological polar surface area (TPSA) is 63.6 Å². The van der Waals surface area contributed by atoms with Gasteiger partial charge in [-0.15, -0.1) is 0 Å². The Bertz CT molecular complexity index is 928. The van der Waals surface area contributed by atoms with Gasteiger partial charge in [0.25, 0.3) is 0 Å². The van der Waals surface area contributed by atoms with Crippen LogP contribution in [0.1, 0.15) is 26.3 Å². The summed E-state index contributed by atoms with van der Waals surface area (Å²) in [5.41, 5.74) is 3.15. The van der Waals surface area contributed by atoms with E-state index in [0.717, 1.165) is 11.1 Å². The maximum Gasteiger partial charge on any atom is 0.342 e. The first-order valence-electron chi connectivity index (χ1n) is 8.20. The van der Waals surface area contributed by atoms with Gasteiger partial charge >= 0.3 is 5.97 Å². The average molecular weight is 346 g/mol. The second-order valence-corrected chi connectivity index (χ2v) is 5.91. The van der Waals surface area contributed by atoms with E-state index in [1.54, 1.807) is 31.2 Å². The van der Waals surface area contributed by atoms with E-state index in [0.29, 0.717) is 11.1 Å². The number of hydrogen-bond acceptors (Lipinski definition) is 4. The molecule has 0 spiro atoms. The molecule has 4 heteroatoms. The minimum absolute atomic E-state index is 0.0530. The Morgan fingerprint density at radius 2 is 1.50 bits per heavy atom. The van der Waals surface area contributed by atoms with E-state index < -0.39 is 5.97 Å². The lowest BCUT2D eigenvalue weighted by Crippen LogP contribution is -2.14. The number of aryl methyl sites for hydroxylation is 1. The second kappa shape index (κ2) is 7.66. The normalized spacial score (nSPS) is 10.3. The molecule has 0 unspecified atom stereocenters. The molecule has 26 heavy (non-hydrogen) atoms. The van der Waals surface area contributed by atoms with Crippen LogP contribution in [-0.2, 0) is 4.74 Å². The number of phenols is 1. The molecule has 0 aliphatic carbocycles. The standard InChI is InChI=1S/C22H18O4/c1-15-6-5-9-19(21(15)24)22(25)26-14-20(23)18-12-10-17(11-13-18)16-7-3-2-4-8-16/h2-13,24H,14H2,1H3. The number of Topliss-reactive ketones (excluding diaryl/α,β-unsaturated/α-hetero) is 1. The largest absolute Gasteiger partial charge is 0.507 e. The molecule has 130 valence electrons. The van der Waals surface area contributed by atoms with Gasteiger partial charge in [0.1, 0.15) is 11.3 Å². The molecule has 4 nitrogen and oxygen atoms in total. The Balaban J connectivity index is 1.65. The molecule has 0 amide bonds. The van der Waals surface area contributed by atoms with Gasteiger partial charge in [-0.1, -0.05) is 66.7 Å². The number of ether oxygens (including phenoxy) is 1. The summed E-state index contributed by atoms with van der Waals surface area (Å²) in [6.45, 7) is 1.31. The van der Waals surface area contributed by atoms with Crippen LogP contribution < -0.4 is 0 Å². The van der Waals surface area contributed by atoms with E-state index >= 15 is 0 Å². The lowest BCUT2D eigenvalue weighted by atomic mass is 10.0. The summed E-state index contributed by atoms with van der Waals surface area (Å²) in [4.78, 5) is 24.3. The molecule has 0 aromatic heterocycles. The molecule has 0 fully saturated rings. The molecule has 0 aliphatic heterocycles. The van der Waals surface area contributed by atoms with Crippen LogP contribution in [0, 0.1) is 6.92 Å². The molecular weight excluding hydrogens is 328 g/mol. The summed E-state index contributed by atoms with van der Waals surface area (Å²) in [6, 6.07) is 21.8. The van der Waals surface area contributed by atoms with Crippen molar-refractivity contribution in [2.75, 3.05) is 6.61 Å². The number of ketones is 1. The molecule has 0 saturated heterocycles. The molecule has 3 rings (SSSR count). The summed E-state index contributed by atoms with van der Waals surface area (Å²) >= 11 is 0. The predicted molar refractivity (Wildman–Crippen MR) is 99.3 cm³/mol. The van der Waals surface area contributed by atoms with Crippen molar-refractivity contribution >= 4 is 11.8 Å². The van der Waals surface area contributed by atoms with E-state index in [1.165, 1.54) is 6.07 Å². The van der Waals surface area contributed by atoms with Gasteiger partial charge in [0.15, 0.2) is 12.4 Å². The summed E-state index contributed by atoms with van der Waals surface area (Å²) in [5.74, 6) is -1.15. The van der Waals surface area contributed by atoms with E-state index in [9.17, 15) is 14.7 Å². The first kappa shape index (κ1) is 17.4. The third-order valence-corrected chi connectivity index (χ3v) is 4.11. The van der Waals surface area contributed by atoms with Gasteiger partial charge < -0.3 is 9.84 Å². The lowest BCUT2D eigenvalue weighted by Gasteiger charge is -2.08. The first-order valence-corrected chi connectivity index (χ1v) is 8.20. The van der Waals surface area contributed by atoms with Crippen LogP contribution in [0.5, 0.6) is 5.75 Å². The van der Waals surface area contributed by atoms with Gasteiger partial charge in [0, 0.05) is 5.56 Å². The Labute approximate surface area is 151 Å². The minimum atomic E-state index is -0.722. The van der Waals surface area contributed by atoms with Crippen LogP contribution in [0.2, 0.25) is 0 Å². The van der Waals surface area contributed by atoms with Crippen molar-refractivity contribution in [2.24, 2.45) is 0 Å². The highest BCUT2D eigenvalue weighted by Gasteiger charge is 2.16. The first-order chi connectivity index (χ1) is 12.6. The molecule has 1 N–H and O–H groups in total. The zero-order valence-electron chi connectivity index (χ0n) is 14.3. The van der Waals surface area contributed by atoms with Gasteiger partial charge in [-0.25, -0.2) is 4.79 Å². The zero-order valence-corrected chi connectivity index (χ0v) is 14.3. The summed E-state index contributed by atoms with van der Waals surface area (Å²) in [5, 5.41) is 9.90. The van der Waals surface area contributed by atoms with Crippen LogP contribution >= 0.6 is 0 Å². The van der Waals surface area contributed by atoms with E-state index in [2.05, 4.69) is 0 Å². The number of hydrogen-bond donors (Lipinski definition) is 1. The Morgan fingerprint density at radius 3 is 2.19 bits per heavy atom. The maximum atomic E-state index is 12.2. The minimum Gasteiger partial charge on any atom is -0.507 e. The Morgan fingerprint density at radius 1 is 0.846 bits per heavy atom. The molecule has 0 atom stereocenters. The van der Waals surface area contributed by atoms with Crippen molar-refractivity contribution < 1.29 is 19.4 Å². The van der Waals surface area contributed by atoms with Crippen LogP contribution in [0.25, 0.3) is 11.1 Å². The van der Waals surface area contributed by atoms with Crippen LogP contribution in [-0.4, -0.2) is 23.5 Å². The van der Waals surface area contributed by atoms with Crippen molar-refractivity contribution in [2.45, 2.75) is 6.92 Å². The average Bonchev–Trinajstić information content (AvgIpc) is 2.69. The van der Waals surface area contributed by atoms with Gasteiger partial charge in [0.2, 0.25) is 0 Å². The molecule has 0 radical (unpaired) electrons. The van der Waals surface area contributed by atoms with Gasteiger partial charge in [-0.3, -0.25) is 4.79 Å². The number of esters is 1. The summed E-state index contributed by atoms with van der Waals surface area (Å²) < 4.78 is 5.05. The molecule has 0 saturated carbocycles. The fourth-order valence-corrected chi connectivity index (χ4v) is 2.60. The number of carbonyl (C=O) groups excluding carboxylic acids is 2. The van der Waals surface area contributed by atoms with Crippen molar-refractivity contribution in [1.82, 2.24) is 0 Å². The number of phenolic OH excluding ortho intramolecular Hbond substituents is 1. The fourth-order valence-electron chi connectivity index (χ4n) is 2.60. The van der Waals surface area contributed by atoms with Crippen molar-refractivity contribution in [3.63, 3.8) is 0 Å². The van der Waals surface area contributed by atoms with Gasteiger partial charge in [-0.2, -0.15) is 0 Å². The van der Waals surface area contributed by atoms with Crippen molar-refractivity contribution in [3.8, 4) is 16.9 Å². The maximum absolute atomic E-state index is 12.2. The molecule has 3 aromatic carbocycles. The van der Waals surface area contributed by atoms with Crippen LogP contribution in [0.15, 0.2) is 72.8 Å². The molecular formula is C22H18O4. The second-order valence-electron chi connectivity index (χ2n) is 5.91. The van der Waals surface area contributed by atoms with Crippen molar-refractivity contribution in [1.29, 1.82) is 0 Å². The quantitative estimate of drug-likeness (QED) is 0.549. The predicted octanol–water partition coefficient (Wildman–Crippen LogP) is 4.41. The third-order valence-electron chi connectivity index (χ3n) is 4.11. The molecule has 0 heterocycles. The van der Waals surface area contributed by atoms with Gasteiger partial charge in [0.05, 0.1) is 0 Å². The van der Waals surface area contributed by atoms with E-state index in [-0.39, 0.29) is 23.7 Å². The van der Waals surface area contributed by atoms with Crippen molar-refractivity contribution in [3.05, 3.63) is 89.5 Å². The number of rotatable bonds is 5. The zero-order chi connectivity index (χ0) is 18.5. The number of aromatic hydroxyl groups is 1. The highest BCUT2D eigenvalue weighted by molar-refractivity contribution is 6.00. The highest BCUT2D eigenvalue weighted by atomic mass is 16.5. The third kappa shape index (κ3) is 3.81. The fraction of sp³-hybridized carbons (Fsp3) is 0.0909. The van der Waals surface area contributed by atoms with Crippen LogP contribution in [0.3, 0.4) is 0 Å². The van der Waals surface area contributed by atoms with E-state index in [4.69, 9.17) is 4.74 Å². The number of benzene rings is 3. The number of para-hydroxylation sites is 1. The smallest absolute Gasteiger partial charge is 0.342 e.